The summed E-state index contributed by atoms with van der Waals surface area (Å²) >= 11 is 0. The Labute approximate surface area is 121 Å². The van der Waals surface area contributed by atoms with E-state index in [-0.39, 0.29) is 12.6 Å². The average molecular weight is 291 g/mol. The highest BCUT2D eigenvalue weighted by molar-refractivity contribution is 5.31. The Hall–Kier alpha value is -1.81. The summed E-state index contributed by atoms with van der Waals surface area (Å²) in [5.41, 5.74) is 1.01. The number of hydrogen-bond donors (Lipinski definition) is 1. The van der Waals surface area contributed by atoms with Gasteiger partial charge in [-0.2, -0.15) is 13.2 Å². The molecule has 1 aliphatic carbocycles. The van der Waals surface area contributed by atoms with Crippen molar-refractivity contribution in [3.05, 3.63) is 71.3 Å². The molecule has 0 spiro atoms. The SMILES string of the molecule is FC(F)(F)c1ccccc1CNC1CC1c1ccccc1. The van der Waals surface area contributed by atoms with Crippen molar-refractivity contribution in [3.8, 4) is 0 Å². The molecule has 0 bridgehead atoms. The van der Waals surface area contributed by atoms with E-state index in [9.17, 15) is 13.2 Å². The van der Waals surface area contributed by atoms with E-state index in [2.05, 4.69) is 17.4 Å². The Morgan fingerprint density at radius 1 is 0.952 bits per heavy atom. The summed E-state index contributed by atoms with van der Waals surface area (Å²) < 4.78 is 38.7. The molecule has 0 aliphatic heterocycles. The molecular formula is C17H16F3N. The molecule has 1 N–H and O–H groups in total. The number of hydrogen-bond acceptors (Lipinski definition) is 1. The van der Waals surface area contributed by atoms with Gasteiger partial charge in [-0.1, -0.05) is 48.5 Å². The van der Waals surface area contributed by atoms with Gasteiger partial charge in [-0.25, -0.2) is 0 Å². The molecule has 2 aromatic rings. The van der Waals surface area contributed by atoms with Crippen LogP contribution in [0, 0.1) is 0 Å². The van der Waals surface area contributed by atoms with E-state index in [1.54, 1.807) is 6.07 Å². The fourth-order valence-corrected chi connectivity index (χ4v) is 2.68. The van der Waals surface area contributed by atoms with E-state index in [1.165, 1.54) is 17.7 Å². The molecule has 21 heavy (non-hydrogen) atoms. The van der Waals surface area contributed by atoms with Gasteiger partial charge >= 0.3 is 6.18 Å². The minimum absolute atomic E-state index is 0.254. The van der Waals surface area contributed by atoms with E-state index >= 15 is 0 Å². The minimum Gasteiger partial charge on any atom is -0.309 e. The zero-order valence-corrected chi connectivity index (χ0v) is 11.4. The highest BCUT2D eigenvalue weighted by Crippen LogP contribution is 2.41. The summed E-state index contributed by atoms with van der Waals surface area (Å²) in [6.45, 7) is 0.254. The van der Waals surface area contributed by atoms with Crippen molar-refractivity contribution in [2.24, 2.45) is 0 Å². The smallest absolute Gasteiger partial charge is 0.309 e. The van der Waals surface area contributed by atoms with Crippen LogP contribution >= 0.6 is 0 Å². The first kappa shape index (κ1) is 14.1. The number of rotatable bonds is 4. The Morgan fingerprint density at radius 2 is 1.62 bits per heavy atom. The van der Waals surface area contributed by atoms with Crippen LogP contribution in [0.5, 0.6) is 0 Å². The molecule has 0 radical (unpaired) electrons. The van der Waals surface area contributed by atoms with Gasteiger partial charge in [0.25, 0.3) is 0 Å². The lowest BCUT2D eigenvalue weighted by Crippen LogP contribution is -2.20. The molecule has 0 saturated heterocycles. The van der Waals surface area contributed by atoms with Crippen LogP contribution in [-0.4, -0.2) is 6.04 Å². The quantitative estimate of drug-likeness (QED) is 0.883. The fraction of sp³-hybridized carbons (Fsp3) is 0.294. The number of alkyl halides is 3. The van der Waals surface area contributed by atoms with Gasteiger partial charge < -0.3 is 5.32 Å². The predicted octanol–water partition coefficient (Wildman–Crippen LogP) is 4.35. The van der Waals surface area contributed by atoms with Crippen molar-refractivity contribution < 1.29 is 13.2 Å². The molecule has 110 valence electrons. The molecule has 1 fully saturated rings. The summed E-state index contributed by atoms with van der Waals surface area (Å²) in [7, 11) is 0. The normalized spacial score (nSPS) is 21.3. The first-order valence-corrected chi connectivity index (χ1v) is 6.99. The van der Waals surface area contributed by atoms with E-state index in [4.69, 9.17) is 0 Å². The highest BCUT2D eigenvalue weighted by atomic mass is 19.4. The van der Waals surface area contributed by atoms with E-state index in [0.29, 0.717) is 11.5 Å². The number of nitrogens with one attached hydrogen (secondary N) is 1. The monoisotopic (exact) mass is 291 g/mol. The summed E-state index contributed by atoms with van der Waals surface area (Å²) in [6.07, 6.45) is -3.31. The maximum atomic E-state index is 12.9. The van der Waals surface area contributed by atoms with Gasteiger partial charge in [0.2, 0.25) is 0 Å². The van der Waals surface area contributed by atoms with Crippen LogP contribution < -0.4 is 5.32 Å². The summed E-state index contributed by atoms with van der Waals surface area (Å²) in [5, 5.41) is 3.23. The van der Waals surface area contributed by atoms with Gasteiger partial charge in [-0.3, -0.25) is 0 Å². The van der Waals surface area contributed by atoms with Crippen molar-refractivity contribution in [1.29, 1.82) is 0 Å². The zero-order chi connectivity index (χ0) is 14.9. The van der Waals surface area contributed by atoms with Crippen molar-refractivity contribution in [1.82, 2.24) is 5.32 Å². The molecule has 0 heterocycles. The zero-order valence-electron chi connectivity index (χ0n) is 11.4. The van der Waals surface area contributed by atoms with Gasteiger partial charge in [0.1, 0.15) is 0 Å². The van der Waals surface area contributed by atoms with Gasteiger partial charge in [-0.15, -0.1) is 0 Å². The van der Waals surface area contributed by atoms with Crippen LogP contribution in [0.25, 0.3) is 0 Å². The Morgan fingerprint density at radius 3 is 2.33 bits per heavy atom. The molecule has 1 nitrogen and oxygen atoms in total. The lowest BCUT2D eigenvalue weighted by molar-refractivity contribution is -0.138. The molecule has 3 rings (SSSR count). The van der Waals surface area contributed by atoms with Gasteiger partial charge in [0.15, 0.2) is 0 Å². The van der Waals surface area contributed by atoms with Crippen LogP contribution in [0.2, 0.25) is 0 Å². The van der Waals surface area contributed by atoms with Gasteiger partial charge in [0, 0.05) is 18.5 Å². The summed E-state index contributed by atoms with van der Waals surface area (Å²) in [5.74, 6) is 0.421. The molecule has 1 aliphatic rings. The molecule has 0 amide bonds. The molecule has 2 unspecified atom stereocenters. The van der Waals surface area contributed by atoms with E-state index < -0.39 is 11.7 Å². The molecule has 2 aromatic carbocycles. The fourth-order valence-electron chi connectivity index (χ4n) is 2.68. The van der Waals surface area contributed by atoms with E-state index in [0.717, 1.165) is 12.5 Å². The molecular weight excluding hydrogens is 275 g/mol. The maximum absolute atomic E-state index is 12.9. The Kier molecular flexibility index (Phi) is 3.72. The van der Waals surface area contributed by atoms with Gasteiger partial charge in [-0.05, 0) is 23.6 Å². The van der Waals surface area contributed by atoms with E-state index in [1.807, 2.05) is 18.2 Å². The van der Waals surface area contributed by atoms with Crippen LogP contribution in [0.15, 0.2) is 54.6 Å². The minimum atomic E-state index is -4.29. The van der Waals surface area contributed by atoms with Crippen molar-refractivity contribution in [2.45, 2.75) is 31.1 Å². The second-order valence-electron chi connectivity index (χ2n) is 5.40. The maximum Gasteiger partial charge on any atom is 0.416 e. The topological polar surface area (TPSA) is 12.0 Å². The number of halogens is 3. The lowest BCUT2D eigenvalue weighted by Gasteiger charge is -2.13. The molecule has 1 saturated carbocycles. The standard InChI is InChI=1S/C17H16F3N/c18-17(19,20)15-9-5-4-8-13(15)11-21-16-10-14(16)12-6-2-1-3-7-12/h1-9,14,16,21H,10-11H2. The first-order chi connectivity index (χ1) is 10.1. The highest BCUT2D eigenvalue weighted by Gasteiger charge is 2.38. The Balaban J connectivity index is 1.63. The van der Waals surface area contributed by atoms with Crippen molar-refractivity contribution in [2.75, 3.05) is 0 Å². The largest absolute Gasteiger partial charge is 0.416 e. The van der Waals surface area contributed by atoms with Crippen LogP contribution in [-0.2, 0) is 12.7 Å². The third-order valence-electron chi connectivity index (χ3n) is 3.90. The first-order valence-electron chi connectivity index (χ1n) is 6.99. The Bertz CT molecular complexity index is 607. The van der Waals surface area contributed by atoms with Gasteiger partial charge in [0.05, 0.1) is 5.56 Å². The summed E-state index contributed by atoms with van der Waals surface area (Å²) in [6, 6.07) is 16.1. The van der Waals surface area contributed by atoms with Crippen molar-refractivity contribution >= 4 is 0 Å². The lowest BCUT2D eigenvalue weighted by atomic mass is 10.1. The van der Waals surface area contributed by atoms with Crippen molar-refractivity contribution in [3.63, 3.8) is 0 Å². The van der Waals surface area contributed by atoms with Crippen LogP contribution in [0.4, 0.5) is 13.2 Å². The van der Waals surface area contributed by atoms with Crippen LogP contribution in [0.1, 0.15) is 29.0 Å². The third kappa shape index (κ3) is 3.27. The second kappa shape index (κ2) is 5.53. The molecule has 0 aromatic heterocycles. The van der Waals surface area contributed by atoms with Crippen LogP contribution in [0.3, 0.4) is 0 Å². The molecule has 4 heteroatoms. The third-order valence-corrected chi connectivity index (χ3v) is 3.90. The molecule has 2 atom stereocenters. The predicted molar refractivity (Wildman–Crippen MR) is 75.9 cm³/mol. The number of benzene rings is 2. The second-order valence-corrected chi connectivity index (χ2v) is 5.40. The summed E-state index contributed by atoms with van der Waals surface area (Å²) in [4.78, 5) is 0. The average Bonchev–Trinajstić information content (AvgIpc) is 3.25.